The number of aromatic nitrogens is 2. The van der Waals surface area contributed by atoms with Crippen molar-refractivity contribution in [3.63, 3.8) is 0 Å². The smallest absolute Gasteiger partial charge is 0.283 e. The number of nitrogens with zero attached hydrogens (tertiary/aromatic N) is 2. The van der Waals surface area contributed by atoms with Crippen molar-refractivity contribution in [1.29, 1.82) is 0 Å². The first-order valence-electron chi connectivity index (χ1n) is 7.16. The van der Waals surface area contributed by atoms with Crippen molar-refractivity contribution in [2.45, 2.75) is 31.7 Å². The Balaban J connectivity index is 1.80. The number of hydrogen-bond donors (Lipinski definition) is 1. The van der Waals surface area contributed by atoms with Crippen LogP contribution < -0.4 is 5.32 Å². The van der Waals surface area contributed by atoms with Gasteiger partial charge in [0, 0.05) is 10.4 Å². The molecule has 0 atom stereocenters. The predicted octanol–water partition coefficient (Wildman–Crippen LogP) is 5.00. The number of carbonyl (C=O) groups is 1. The molecular formula is C15H12Br2F3N3O. The van der Waals surface area contributed by atoms with Gasteiger partial charge in [-0.2, -0.15) is 5.10 Å². The Morgan fingerprint density at radius 2 is 2.08 bits per heavy atom. The lowest BCUT2D eigenvalue weighted by atomic mass is 10.2. The second kappa shape index (κ2) is 6.87. The SMILES string of the molecule is O=C(Cn1nc(C(F)F)c(Br)c1C1CC1)Nc1ccc(Br)cc1F. The highest BCUT2D eigenvalue weighted by molar-refractivity contribution is 9.10. The Morgan fingerprint density at radius 1 is 1.38 bits per heavy atom. The van der Waals surface area contributed by atoms with E-state index < -0.39 is 18.1 Å². The number of rotatable bonds is 5. The van der Waals surface area contributed by atoms with Gasteiger partial charge in [0.15, 0.2) is 0 Å². The summed E-state index contributed by atoms with van der Waals surface area (Å²) < 4.78 is 41.9. The monoisotopic (exact) mass is 465 g/mol. The van der Waals surface area contributed by atoms with Crippen molar-refractivity contribution in [1.82, 2.24) is 9.78 Å². The quantitative estimate of drug-likeness (QED) is 0.673. The van der Waals surface area contributed by atoms with E-state index in [1.807, 2.05) is 0 Å². The molecule has 128 valence electrons. The molecule has 1 aromatic carbocycles. The molecule has 4 nitrogen and oxygen atoms in total. The van der Waals surface area contributed by atoms with Crippen LogP contribution in [0.5, 0.6) is 0 Å². The summed E-state index contributed by atoms with van der Waals surface area (Å²) in [4.78, 5) is 12.2. The standard InChI is InChI=1S/C15H12Br2F3N3O/c16-8-3-4-10(9(18)5-8)21-11(24)6-23-14(7-1-2-7)12(17)13(22-23)15(19)20/h3-5,7,15H,1-2,6H2,(H,21,24). The van der Waals surface area contributed by atoms with E-state index >= 15 is 0 Å². The number of halogens is 5. The van der Waals surface area contributed by atoms with Gasteiger partial charge < -0.3 is 5.32 Å². The van der Waals surface area contributed by atoms with E-state index in [1.165, 1.54) is 16.8 Å². The fourth-order valence-corrected chi connectivity index (χ4v) is 3.51. The number of anilines is 1. The molecule has 0 bridgehead atoms. The van der Waals surface area contributed by atoms with E-state index in [-0.39, 0.29) is 28.3 Å². The Hall–Kier alpha value is -1.35. The molecule has 1 aliphatic rings. The maximum atomic E-state index is 13.8. The Bertz CT molecular complexity index is 791. The van der Waals surface area contributed by atoms with Crippen molar-refractivity contribution in [2.75, 3.05) is 5.32 Å². The van der Waals surface area contributed by atoms with Crippen LogP contribution in [-0.4, -0.2) is 15.7 Å². The fraction of sp³-hybridized carbons (Fsp3) is 0.333. The van der Waals surface area contributed by atoms with Crippen LogP contribution in [0.15, 0.2) is 27.1 Å². The maximum Gasteiger partial charge on any atom is 0.283 e. The second-order valence-electron chi connectivity index (χ2n) is 5.49. The first-order valence-corrected chi connectivity index (χ1v) is 8.74. The fourth-order valence-electron chi connectivity index (χ4n) is 2.40. The van der Waals surface area contributed by atoms with E-state index in [0.717, 1.165) is 12.8 Å². The van der Waals surface area contributed by atoms with Crippen LogP contribution in [0.2, 0.25) is 0 Å². The summed E-state index contributed by atoms with van der Waals surface area (Å²) in [7, 11) is 0. The summed E-state index contributed by atoms with van der Waals surface area (Å²) in [6, 6.07) is 4.24. The van der Waals surface area contributed by atoms with Gasteiger partial charge in [-0.05, 0) is 47.0 Å². The molecule has 0 aliphatic heterocycles. The molecule has 1 heterocycles. The molecule has 0 spiro atoms. The molecule has 3 rings (SSSR count). The van der Waals surface area contributed by atoms with Gasteiger partial charge in [-0.1, -0.05) is 15.9 Å². The van der Waals surface area contributed by atoms with Gasteiger partial charge >= 0.3 is 0 Å². The minimum atomic E-state index is -2.73. The zero-order valence-corrected chi connectivity index (χ0v) is 15.4. The van der Waals surface area contributed by atoms with Gasteiger partial charge in [0.25, 0.3) is 6.43 Å². The third-order valence-electron chi connectivity index (χ3n) is 3.63. The van der Waals surface area contributed by atoms with Gasteiger partial charge in [0.1, 0.15) is 18.1 Å². The molecule has 24 heavy (non-hydrogen) atoms. The maximum absolute atomic E-state index is 13.8. The first kappa shape index (κ1) is 17.5. The molecule has 1 N–H and O–H groups in total. The number of hydrogen-bond acceptors (Lipinski definition) is 2. The van der Waals surface area contributed by atoms with E-state index in [2.05, 4.69) is 42.3 Å². The summed E-state index contributed by atoms with van der Waals surface area (Å²) >= 11 is 6.29. The van der Waals surface area contributed by atoms with Crippen LogP contribution in [0.3, 0.4) is 0 Å². The van der Waals surface area contributed by atoms with Crippen LogP contribution >= 0.6 is 31.9 Å². The molecule has 1 aromatic heterocycles. The third kappa shape index (κ3) is 3.66. The lowest BCUT2D eigenvalue weighted by Crippen LogP contribution is -2.21. The summed E-state index contributed by atoms with van der Waals surface area (Å²) in [5, 5.41) is 6.28. The summed E-state index contributed by atoms with van der Waals surface area (Å²) in [6.07, 6.45) is -0.989. The van der Waals surface area contributed by atoms with E-state index in [0.29, 0.717) is 10.2 Å². The average molecular weight is 467 g/mol. The van der Waals surface area contributed by atoms with Crippen molar-refractivity contribution in [3.8, 4) is 0 Å². The van der Waals surface area contributed by atoms with Crippen LogP contribution in [0.4, 0.5) is 18.9 Å². The second-order valence-corrected chi connectivity index (χ2v) is 7.20. The summed E-state index contributed by atoms with van der Waals surface area (Å²) in [5.74, 6) is -0.999. The zero-order valence-electron chi connectivity index (χ0n) is 12.2. The normalized spacial score (nSPS) is 14.2. The highest BCUT2D eigenvalue weighted by Gasteiger charge is 2.34. The molecule has 9 heteroatoms. The number of carbonyl (C=O) groups excluding carboxylic acids is 1. The molecule has 1 fully saturated rings. The van der Waals surface area contributed by atoms with Crippen LogP contribution in [0.25, 0.3) is 0 Å². The van der Waals surface area contributed by atoms with Crippen molar-refractivity contribution < 1.29 is 18.0 Å². The minimum absolute atomic E-state index is 0.0245. The topological polar surface area (TPSA) is 46.9 Å². The Kier molecular flexibility index (Phi) is 5.00. The first-order chi connectivity index (χ1) is 11.4. The predicted molar refractivity (Wildman–Crippen MR) is 89.6 cm³/mol. The van der Waals surface area contributed by atoms with E-state index in [1.54, 1.807) is 6.07 Å². The molecule has 0 saturated heterocycles. The summed E-state index contributed by atoms with van der Waals surface area (Å²) in [5.41, 5.74) is 0.243. The van der Waals surface area contributed by atoms with E-state index in [4.69, 9.17) is 0 Å². The van der Waals surface area contributed by atoms with Gasteiger partial charge in [0.05, 0.1) is 15.9 Å². The highest BCUT2D eigenvalue weighted by Crippen LogP contribution is 2.45. The Morgan fingerprint density at radius 3 is 2.67 bits per heavy atom. The number of alkyl halides is 2. The number of amides is 1. The molecule has 0 unspecified atom stereocenters. The van der Waals surface area contributed by atoms with Gasteiger partial charge in [-0.25, -0.2) is 13.2 Å². The highest BCUT2D eigenvalue weighted by atomic mass is 79.9. The Labute approximate surface area is 152 Å². The lowest BCUT2D eigenvalue weighted by molar-refractivity contribution is -0.117. The molecule has 1 amide bonds. The van der Waals surface area contributed by atoms with Crippen molar-refractivity contribution in [2.24, 2.45) is 0 Å². The summed E-state index contributed by atoms with van der Waals surface area (Å²) in [6.45, 7) is -0.257. The zero-order chi connectivity index (χ0) is 17.4. The largest absolute Gasteiger partial charge is 0.322 e. The van der Waals surface area contributed by atoms with Crippen LogP contribution in [0.1, 0.15) is 36.6 Å². The molecule has 2 aromatic rings. The number of nitrogens with one attached hydrogen (secondary N) is 1. The molecule has 0 radical (unpaired) electrons. The van der Waals surface area contributed by atoms with E-state index in [9.17, 15) is 18.0 Å². The van der Waals surface area contributed by atoms with Gasteiger partial charge in [-0.3, -0.25) is 9.48 Å². The lowest BCUT2D eigenvalue weighted by Gasteiger charge is -2.09. The molecular weight excluding hydrogens is 455 g/mol. The van der Waals surface area contributed by atoms with Crippen LogP contribution in [-0.2, 0) is 11.3 Å². The van der Waals surface area contributed by atoms with Crippen LogP contribution in [0, 0.1) is 5.82 Å². The van der Waals surface area contributed by atoms with Crippen molar-refractivity contribution in [3.05, 3.63) is 44.3 Å². The third-order valence-corrected chi connectivity index (χ3v) is 4.93. The molecule has 1 saturated carbocycles. The minimum Gasteiger partial charge on any atom is -0.322 e. The number of benzene rings is 1. The van der Waals surface area contributed by atoms with Gasteiger partial charge in [0.2, 0.25) is 5.91 Å². The van der Waals surface area contributed by atoms with Crippen molar-refractivity contribution >= 4 is 43.5 Å². The van der Waals surface area contributed by atoms with Gasteiger partial charge in [-0.15, -0.1) is 0 Å². The molecule has 1 aliphatic carbocycles. The average Bonchev–Trinajstić information content (AvgIpc) is 3.27.